The smallest absolute Gasteiger partial charge is 0.256 e. The number of carbonyl (C=O) groups is 2. The first-order valence-corrected chi connectivity index (χ1v) is 8.28. The molecular weight excluding hydrogens is 336 g/mol. The average molecular weight is 354 g/mol. The van der Waals surface area contributed by atoms with Crippen LogP contribution in [0.3, 0.4) is 0 Å². The molecule has 2 heterocycles. The maximum Gasteiger partial charge on any atom is 0.256 e. The number of benzene rings is 2. The number of nitrogens with zero attached hydrogens (tertiary/aromatic N) is 1. The highest BCUT2D eigenvalue weighted by Gasteiger charge is 2.31. The Morgan fingerprint density at radius 3 is 2.92 bits per heavy atom. The molecule has 0 saturated carbocycles. The molecule has 2 amide bonds. The zero-order valence-corrected chi connectivity index (χ0v) is 14.3. The molecule has 0 atom stereocenters. The van der Waals surface area contributed by atoms with Crippen LogP contribution in [0.1, 0.15) is 26.3 Å². The molecule has 7 nitrogen and oxygen atoms in total. The standard InChI is InChI=1S/C19H18N2O5/c1-24-8-7-21-10-12-3-2-4-14(17(12)19(21)23)18(22)20-13-5-6-15-16(9-13)26-11-25-15/h2-6,9H,7-8,10-11H2,1H3,(H,20,22). The predicted molar refractivity (Wildman–Crippen MR) is 93.6 cm³/mol. The molecule has 2 aromatic carbocycles. The van der Waals surface area contributed by atoms with Crippen LogP contribution in [0.5, 0.6) is 11.5 Å². The summed E-state index contributed by atoms with van der Waals surface area (Å²) in [6.07, 6.45) is 0. The third-order valence-corrected chi connectivity index (χ3v) is 4.45. The van der Waals surface area contributed by atoms with Crippen molar-refractivity contribution >= 4 is 17.5 Å². The van der Waals surface area contributed by atoms with Gasteiger partial charge in [0.15, 0.2) is 11.5 Å². The molecule has 0 radical (unpaired) electrons. The third-order valence-electron chi connectivity index (χ3n) is 4.45. The highest BCUT2D eigenvalue weighted by molar-refractivity contribution is 6.13. The van der Waals surface area contributed by atoms with Crippen LogP contribution in [-0.4, -0.2) is 43.8 Å². The molecule has 7 heteroatoms. The number of rotatable bonds is 5. The van der Waals surface area contributed by atoms with Gasteiger partial charge in [0.1, 0.15) is 0 Å². The van der Waals surface area contributed by atoms with Gasteiger partial charge in [-0.25, -0.2) is 0 Å². The van der Waals surface area contributed by atoms with Gasteiger partial charge in [0.05, 0.1) is 17.7 Å². The van der Waals surface area contributed by atoms with E-state index >= 15 is 0 Å². The van der Waals surface area contributed by atoms with Crippen molar-refractivity contribution in [2.75, 3.05) is 32.4 Å². The summed E-state index contributed by atoms with van der Waals surface area (Å²) in [6, 6.07) is 10.5. The van der Waals surface area contributed by atoms with Crippen LogP contribution in [0.15, 0.2) is 36.4 Å². The number of ether oxygens (including phenoxy) is 3. The Labute approximate surface area is 150 Å². The topological polar surface area (TPSA) is 77.1 Å². The fourth-order valence-corrected chi connectivity index (χ4v) is 3.16. The van der Waals surface area contributed by atoms with Gasteiger partial charge in [-0.3, -0.25) is 9.59 Å². The molecule has 2 aromatic rings. The Hall–Kier alpha value is -3.06. The summed E-state index contributed by atoms with van der Waals surface area (Å²) in [4.78, 5) is 27.1. The molecule has 0 unspecified atom stereocenters. The Morgan fingerprint density at radius 1 is 1.23 bits per heavy atom. The molecule has 0 bridgehead atoms. The normalized spacial score (nSPS) is 14.5. The minimum atomic E-state index is -0.331. The van der Waals surface area contributed by atoms with E-state index in [-0.39, 0.29) is 18.6 Å². The van der Waals surface area contributed by atoms with Gasteiger partial charge in [0, 0.05) is 32.0 Å². The minimum absolute atomic E-state index is 0.145. The molecule has 1 N–H and O–H groups in total. The van der Waals surface area contributed by atoms with E-state index in [0.29, 0.717) is 48.0 Å². The van der Waals surface area contributed by atoms with Gasteiger partial charge in [0.2, 0.25) is 6.79 Å². The third kappa shape index (κ3) is 2.86. The number of nitrogens with one attached hydrogen (secondary N) is 1. The monoisotopic (exact) mass is 354 g/mol. The molecule has 0 aromatic heterocycles. The summed E-state index contributed by atoms with van der Waals surface area (Å²) in [5, 5.41) is 2.83. The summed E-state index contributed by atoms with van der Waals surface area (Å²) in [6.45, 7) is 1.61. The summed E-state index contributed by atoms with van der Waals surface area (Å²) in [7, 11) is 1.60. The van der Waals surface area contributed by atoms with Crippen LogP contribution in [0.25, 0.3) is 0 Å². The second-order valence-electron chi connectivity index (χ2n) is 6.08. The zero-order valence-electron chi connectivity index (χ0n) is 14.3. The molecule has 0 saturated heterocycles. The van der Waals surface area contributed by atoms with Gasteiger partial charge >= 0.3 is 0 Å². The Morgan fingerprint density at radius 2 is 2.08 bits per heavy atom. The van der Waals surface area contributed by atoms with Gasteiger partial charge in [-0.05, 0) is 23.8 Å². The molecule has 4 rings (SSSR count). The minimum Gasteiger partial charge on any atom is -0.454 e. The van der Waals surface area contributed by atoms with Crippen molar-refractivity contribution in [3.05, 3.63) is 53.1 Å². The van der Waals surface area contributed by atoms with Gasteiger partial charge < -0.3 is 24.4 Å². The number of carbonyl (C=O) groups excluding carboxylic acids is 2. The van der Waals surface area contributed by atoms with Crippen molar-refractivity contribution < 1.29 is 23.8 Å². The number of fused-ring (bicyclic) bond motifs is 2. The van der Waals surface area contributed by atoms with E-state index in [2.05, 4.69) is 5.32 Å². The fraction of sp³-hybridized carbons (Fsp3) is 0.263. The van der Waals surface area contributed by atoms with Crippen molar-refractivity contribution in [3.63, 3.8) is 0 Å². The first-order valence-electron chi connectivity index (χ1n) is 8.28. The van der Waals surface area contributed by atoms with Gasteiger partial charge in [-0.2, -0.15) is 0 Å². The quantitative estimate of drug-likeness (QED) is 0.891. The lowest BCUT2D eigenvalue weighted by Gasteiger charge is -2.14. The van der Waals surface area contributed by atoms with Crippen LogP contribution in [0, 0.1) is 0 Å². The number of methoxy groups -OCH3 is 1. The van der Waals surface area contributed by atoms with Gasteiger partial charge in [-0.15, -0.1) is 0 Å². The van der Waals surface area contributed by atoms with E-state index in [4.69, 9.17) is 14.2 Å². The SMILES string of the molecule is COCCN1Cc2cccc(C(=O)Nc3ccc4c(c3)OCO4)c2C1=O. The molecule has 2 aliphatic rings. The van der Waals surface area contributed by atoms with Crippen LogP contribution in [-0.2, 0) is 11.3 Å². The van der Waals surface area contributed by atoms with Crippen molar-refractivity contribution in [1.29, 1.82) is 0 Å². The Balaban J connectivity index is 1.57. The second kappa shape index (κ2) is 6.68. The first-order chi connectivity index (χ1) is 12.7. The number of anilines is 1. The number of hydrogen-bond donors (Lipinski definition) is 1. The molecule has 0 spiro atoms. The van der Waals surface area contributed by atoms with Crippen LogP contribution in [0.4, 0.5) is 5.69 Å². The molecule has 0 fully saturated rings. The van der Waals surface area contributed by atoms with Crippen molar-refractivity contribution in [2.24, 2.45) is 0 Å². The van der Waals surface area contributed by atoms with Crippen LogP contribution >= 0.6 is 0 Å². The molecule has 26 heavy (non-hydrogen) atoms. The lowest BCUT2D eigenvalue weighted by molar-refractivity contribution is 0.0716. The van der Waals surface area contributed by atoms with E-state index < -0.39 is 0 Å². The number of amides is 2. The zero-order chi connectivity index (χ0) is 18.1. The van der Waals surface area contributed by atoms with Crippen molar-refractivity contribution in [1.82, 2.24) is 4.90 Å². The van der Waals surface area contributed by atoms with Crippen LogP contribution in [0.2, 0.25) is 0 Å². The van der Waals surface area contributed by atoms with Crippen molar-refractivity contribution in [2.45, 2.75) is 6.54 Å². The Bertz CT molecular complexity index is 880. The Kier molecular flexibility index (Phi) is 4.22. The van der Waals surface area contributed by atoms with Crippen LogP contribution < -0.4 is 14.8 Å². The summed E-state index contributed by atoms with van der Waals surface area (Å²) in [5.74, 6) is 0.756. The largest absolute Gasteiger partial charge is 0.454 e. The summed E-state index contributed by atoms with van der Waals surface area (Å²) < 4.78 is 15.6. The van der Waals surface area contributed by atoms with E-state index in [1.807, 2.05) is 6.07 Å². The maximum absolute atomic E-state index is 12.8. The molecular formula is C19H18N2O5. The molecule has 0 aliphatic carbocycles. The lowest BCUT2D eigenvalue weighted by atomic mass is 10.0. The van der Waals surface area contributed by atoms with Crippen molar-refractivity contribution in [3.8, 4) is 11.5 Å². The number of hydrogen-bond acceptors (Lipinski definition) is 5. The first kappa shape index (κ1) is 16.4. The second-order valence-corrected chi connectivity index (χ2v) is 6.08. The molecule has 134 valence electrons. The molecule has 2 aliphatic heterocycles. The van der Waals surface area contributed by atoms with E-state index in [0.717, 1.165) is 5.56 Å². The highest BCUT2D eigenvalue weighted by atomic mass is 16.7. The van der Waals surface area contributed by atoms with E-state index in [9.17, 15) is 9.59 Å². The lowest BCUT2D eigenvalue weighted by Crippen LogP contribution is -2.28. The van der Waals surface area contributed by atoms with E-state index in [1.54, 1.807) is 42.3 Å². The fourth-order valence-electron chi connectivity index (χ4n) is 3.16. The highest BCUT2D eigenvalue weighted by Crippen LogP contribution is 2.34. The maximum atomic E-state index is 12.8. The summed E-state index contributed by atoms with van der Waals surface area (Å²) >= 11 is 0. The van der Waals surface area contributed by atoms with E-state index in [1.165, 1.54) is 0 Å². The predicted octanol–water partition coefficient (Wildman–Crippen LogP) is 2.27. The van der Waals surface area contributed by atoms with Gasteiger partial charge in [-0.1, -0.05) is 12.1 Å². The van der Waals surface area contributed by atoms with Gasteiger partial charge in [0.25, 0.3) is 11.8 Å². The average Bonchev–Trinajstić information content (AvgIpc) is 3.24. The summed E-state index contributed by atoms with van der Waals surface area (Å²) in [5.41, 5.74) is 2.26.